The minimum Gasteiger partial charge on any atom is -0.350 e. The second kappa shape index (κ2) is 9.37. The maximum atomic E-state index is 13.0. The molecule has 1 unspecified atom stereocenters. The van der Waals surface area contributed by atoms with E-state index in [0.29, 0.717) is 18.7 Å². The number of rotatable bonds is 8. The SMILES string of the molecule is CCc1c(C(=O)NCC(c2cccs2)N2CCCC2)cnn1Cc1ccccc1. The van der Waals surface area contributed by atoms with Crippen molar-refractivity contribution in [3.05, 3.63) is 75.7 Å². The Morgan fingerprint density at radius 2 is 1.97 bits per heavy atom. The predicted molar refractivity (Wildman–Crippen MR) is 117 cm³/mol. The van der Waals surface area contributed by atoms with Gasteiger partial charge in [0.15, 0.2) is 0 Å². The van der Waals surface area contributed by atoms with Crippen LogP contribution in [0.3, 0.4) is 0 Å². The number of hydrogen-bond acceptors (Lipinski definition) is 4. The van der Waals surface area contributed by atoms with E-state index in [0.717, 1.165) is 25.2 Å². The molecule has 1 atom stereocenters. The van der Waals surface area contributed by atoms with Crippen LogP contribution in [0.15, 0.2) is 54.0 Å². The molecule has 1 fully saturated rings. The summed E-state index contributed by atoms with van der Waals surface area (Å²) in [6, 6.07) is 14.8. The normalized spacial score (nSPS) is 15.5. The predicted octanol–water partition coefficient (Wildman–Crippen LogP) is 4.12. The minimum atomic E-state index is -0.0260. The monoisotopic (exact) mass is 408 g/mol. The van der Waals surface area contributed by atoms with Crippen LogP contribution in [0.25, 0.3) is 0 Å². The minimum absolute atomic E-state index is 0.0260. The largest absolute Gasteiger partial charge is 0.350 e. The number of carbonyl (C=O) groups excluding carboxylic acids is 1. The zero-order chi connectivity index (χ0) is 20.1. The third-order valence-corrected chi connectivity index (χ3v) is 6.59. The summed E-state index contributed by atoms with van der Waals surface area (Å²) >= 11 is 1.77. The summed E-state index contributed by atoms with van der Waals surface area (Å²) in [5, 5.41) is 9.81. The molecular formula is C23H28N4OS. The van der Waals surface area contributed by atoms with Crippen molar-refractivity contribution in [2.75, 3.05) is 19.6 Å². The van der Waals surface area contributed by atoms with Crippen molar-refractivity contribution in [1.29, 1.82) is 0 Å². The van der Waals surface area contributed by atoms with Gasteiger partial charge >= 0.3 is 0 Å². The van der Waals surface area contributed by atoms with E-state index in [2.05, 4.69) is 51.9 Å². The smallest absolute Gasteiger partial charge is 0.254 e. The van der Waals surface area contributed by atoms with Gasteiger partial charge in [0, 0.05) is 11.4 Å². The Hall–Kier alpha value is -2.44. The fourth-order valence-corrected chi connectivity index (χ4v) is 4.96. The van der Waals surface area contributed by atoms with E-state index in [1.165, 1.54) is 23.3 Å². The number of likely N-dealkylation sites (tertiary alicyclic amines) is 1. The van der Waals surface area contributed by atoms with E-state index < -0.39 is 0 Å². The lowest BCUT2D eigenvalue weighted by atomic mass is 10.1. The van der Waals surface area contributed by atoms with Crippen LogP contribution in [-0.2, 0) is 13.0 Å². The summed E-state index contributed by atoms with van der Waals surface area (Å²) in [5.41, 5.74) is 2.86. The summed E-state index contributed by atoms with van der Waals surface area (Å²) in [4.78, 5) is 16.8. The number of aromatic nitrogens is 2. The Balaban J connectivity index is 1.46. The highest BCUT2D eigenvalue weighted by atomic mass is 32.1. The van der Waals surface area contributed by atoms with Crippen molar-refractivity contribution in [2.45, 2.75) is 38.8 Å². The molecule has 0 radical (unpaired) electrons. The van der Waals surface area contributed by atoms with Crippen LogP contribution in [0.4, 0.5) is 0 Å². The van der Waals surface area contributed by atoms with E-state index in [9.17, 15) is 4.79 Å². The Morgan fingerprint density at radius 3 is 2.66 bits per heavy atom. The van der Waals surface area contributed by atoms with E-state index in [4.69, 9.17) is 0 Å². The van der Waals surface area contributed by atoms with Gasteiger partial charge in [-0.2, -0.15) is 5.10 Å². The molecular weight excluding hydrogens is 380 g/mol. The fourth-order valence-electron chi connectivity index (χ4n) is 4.09. The molecule has 0 bridgehead atoms. The molecule has 6 heteroatoms. The van der Waals surface area contributed by atoms with Crippen LogP contribution in [0.1, 0.15) is 52.3 Å². The number of nitrogens with one attached hydrogen (secondary N) is 1. The molecule has 0 saturated carbocycles. The maximum absolute atomic E-state index is 13.0. The summed E-state index contributed by atoms with van der Waals surface area (Å²) in [6.45, 7) is 5.60. The first-order chi connectivity index (χ1) is 14.3. The van der Waals surface area contributed by atoms with E-state index in [1.54, 1.807) is 17.5 Å². The van der Waals surface area contributed by atoms with Gasteiger partial charge in [-0.05, 0) is 49.4 Å². The van der Waals surface area contributed by atoms with Gasteiger partial charge in [0.05, 0.1) is 30.0 Å². The Kier molecular flexibility index (Phi) is 6.42. The molecule has 2 aromatic heterocycles. The van der Waals surface area contributed by atoms with Crippen molar-refractivity contribution in [3.8, 4) is 0 Å². The van der Waals surface area contributed by atoms with Gasteiger partial charge in [0.25, 0.3) is 5.91 Å². The zero-order valence-corrected chi connectivity index (χ0v) is 17.7. The van der Waals surface area contributed by atoms with Crippen molar-refractivity contribution >= 4 is 17.2 Å². The van der Waals surface area contributed by atoms with Crippen LogP contribution < -0.4 is 5.32 Å². The molecule has 5 nitrogen and oxygen atoms in total. The van der Waals surface area contributed by atoms with Gasteiger partial charge in [-0.1, -0.05) is 43.3 Å². The highest BCUT2D eigenvalue weighted by molar-refractivity contribution is 7.10. The average molecular weight is 409 g/mol. The first-order valence-electron chi connectivity index (χ1n) is 10.4. The third-order valence-electron chi connectivity index (χ3n) is 5.61. The lowest BCUT2D eigenvalue weighted by Crippen LogP contribution is -2.36. The van der Waals surface area contributed by atoms with Crippen molar-refractivity contribution in [1.82, 2.24) is 20.0 Å². The lowest BCUT2D eigenvalue weighted by molar-refractivity contribution is 0.0937. The summed E-state index contributed by atoms with van der Waals surface area (Å²) in [7, 11) is 0. The number of thiophene rings is 1. The first-order valence-corrected chi connectivity index (χ1v) is 11.3. The van der Waals surface area contributed by atoms with Gasteiger partial charge in [-0.25, -0.2) is 0 Å². The van der Waals surface area contributed by atoms with E-state index >= 15 is 0 Å². The fraction of sp³-hybridized carbons (Fsp3) is 0.391. The highest BCUT2D eigenvalue weighted by Crippen LogP contribution is 2.28. The Labute approximate surface area is 176 Å². The van der Waals surface area contributed by atoms with Gasteiger partial charge in [-0.15, -0.1) is 11.3 Å². The molecule has 3 aromatic rings. The second-order valence-corrected chi connectivity index (χ2v) is 8.47. The Bertz CT molecular complexity index is 914. The van der Waals surface area contributed by atoms with Gasteiger partial charge < -0.3 is 5.32 Å². The summed E-state index contributed by atoms with van der Waals surface area (Å²) in [6.07, 6.45) is 4.97. The molecule has 0 aliphatic carbocycles. The van der Waals surface area contributed by atoms with Crippen LogP contribution in [0.5, 0.6) is 0 Å². The number of carbonyl (C=O) groups is 1. The molecule has 1 aliphatic rings. The lowest BCUT2D eigenvalue weighted by Gasteiger charge is -2.26. The summed E-state index contributed by atoms with van der Waals surface area (Å²) < 4.78 is 1.95. The highest BCUT2D eigenvalue weighted by Gasteiger charge is 2.25. The molecule has 1 N–H and O–H groups in total. The Morgan fingerprint density at radius 1 is 1.17 bits per heavy atom. The number of hydrogen-bond donors (Lipinski definition) is 1. The first kappa shape index (κ1) is 19.9. The van der Waals surface area contributed by atoms with Gasteiger partial charge in [0.2, 0.25) is 0 Å². The zero-order valence-electron chi connectivity index (χ0n) is 16.9. The maximum Gasteiger partial charge on any atom is 0.254 e. The molecule has 29 heavy (non-hydrogen) atoms. The van der Waals surface area contributed by atoms with Gasteiger partial charge in [0.1, 0.15) is 0 Å². The van der Waals surface area contributed by atoms with E-state index in [-0.39, 0.29) is 11.9 Å². The van der Waals surface area contributed by atoms with Crippen molar-refractivity contribution in [2.24, 2.45) is 0 Å². The molecule has 3 heterocycles. The topological polar surface area (TPSA) is 50.2 Å². The molecule has 0 spiro atoms. The molecule has 4 rings (SSSR count). The molecule has 1 aliphatic heterocycles. The van der Waals surface area contributed by atoms with Crippen LogP contribution >= 0.6 is 11.3 Å². The molecule has 1 aromatic carbocycles. The van der Waals surface area contributed by atoms with Crippen molar-refractivity contribution < 1.29 is 4.79 Å². The standard InChI is InChI=1S/C23H28N4OS/c1-2-20-19(15-25-27(20)17-18-9-4-3-5-10-18)23(28)24-16-21(22-11-8-14-29-22)26-12-6-7-13-26/h3-5,8-11,14-15,21H,2,6-7,12-13,16-17H2,1H3,(H,24,28). The molecule has 1 amide bonds. The third kappa shape index (κ3) is 4.60. The average Bonchev–Trinajstić information content (AvgIpc) is 3.51. The van der Waals surface area contributed by atoms with E-state index in [1.807, 2.05) is 22.9 Å². The van der Waals surface area contributed by atoms with Crippen molar-refractivity contribution in [3.63, 3.8) is 0 Å². The number of amides is 1. The quantitative estimate of drug-likeness (QED) is 0.610. The number of nitrogens with zero attached hydrogens (tertiary/aromatic N) is 3. The molecule has 1 saturated heterocycles. The van der Waals surface area contributed by atoms with Crippen LogP contribution in [0.2, 0.25) is 0 Å². The summed E-state index contributed by atoms with van der Waals surface area (Å²) in [5.74, 6) is -0.0260. The van der Waals surface area contributed by atoms with Crippen LogP contribution in [-0.4, -0.2) is 40.2 Å². The number of benzene rings is 1. The molecule has 152 valence electrons. The van der Waals surface area contributed by atoms with Crippen LogP contribution in [0, 0.1) is 0 Å². The second-order valence-electron chi connectivity index (χ2n) is 7.49. The van der Waals surface area contributed by atoms with Gasteiger partial charge in [-0.3, -0.25) is 14.4 Å².